The van der Waals surface area contributed by atoms with Crippen molar-refractivity contribution in [3.05, 3.63) is 0 Å². The van der Waals surface area contributed by atoms with E-state index in [2.05, 4.69) is 43.6 Å². The summed E-state index contributed by atoms with van der Waals surface area (Å²) in [6.07, 6.45) is 13.8. The fourth-order valence-corrected chi connectivity index (χ4v) is 3.38. The normalized spacial score (nSPS) is 13.2. The molecule has 0 rings (SSSR count). The van der Waals surface area contributed by atoms with E-state index < -0.39 is 0 Å². The maximum Gasteiger partial charge on any atom is 0.0280 e. The van der Waals surface area contributed by atoms with Crippen LogP contribution in [0.3, 0.4) is 0 Å². The zero-order valence-electron chi connectivity index (χ0n) is 13.2. The molecule has 0 aliphatic heterocycles. The first-order valence-corrected chi connectivity index (χ1v) is 8.62. The summed E-state index contributed by atoms with van der Waals surface area (Å²) in [6.45, 7) is 9.28. The van der Waals surface area contributed by atoms with Gasteiger partial charge in [0.25, 0.3) is 0 Å². The lowest BCUT2D eigenvalue weighted by Gasteiger charge is -2.34. The van der Waals surface area contributed by atoms with E-state index in [9.17, 15) is 0 Å². The molecule has 0 saturated carbocycles. The van der Waals surface area contributed by atoms with Gasteiger partial charge >= 0.3 is 0 Å². The van der Waals surface area contributed by atoms with Crippen LogP contribution in [0, 0.1) is 5.92 Å². The SMILES string of the molecule is CCCCCCCCC(CC)C(Br)(CC)CC.P. The van der Waals surface area contributed by atoms with Crippen LogP contribution in [-0.2, 0) is 0 Å². The fourth-order valence-electron chi connectivity index (χ4n) is 2.83. The molecule has 112 valence electrons. The van der Waals surface area contributed by atoms with E-state index in [1.165, 1.54) is 64.2 Å². The maximum atomic E-state index is 4.00. The Morgan fingerprint density at radius 3 is 1.78 bits per heavy atom. The third-order valence-electron chi connectivity index (χ3n) is 4.31. The van der Waals surface area contributed by atoms with Gasteiger partial charge in [-0.2, -0.15) is 9.90 Å². The van der Waals surface area contributed by atoms with E-state index in [0.29, 0.717) is 4.32 Å². The fraction of sp³-hybridized carbons (Fsp3) is 1.00. The van der Waals surface area contributed by atoms with Crippen molar-refractivity contribution in [3.8, 4) is 0 Å². The first-order valence-electron chi connectivity index (χ1n) is 7.83. The van der Waals surface area contributed by atoms with E-state index in [0.717, 1.165) is 5.92 Å². The van der Waals surface area contributed by atoms with Crippen LogP contribution in [0.1, 0.15) is 91.9 Å². The second kappa shape index (κ2) is 12.9. The molecule has 0 aliphatic carbocycles. The average Bonchev–Trinajstić information content (AvgIpc) is 2.37. The van der Waals surface area contributed by atoms with Crippen LogP contribution in [0.2, 0.25) is 0 Å². The van der Waals surface area contributed by atoms with Crippen LogP contribution < -0.4 is 0 Å². The van der Waals surface area contributed by atoms with E-state index in [-0.39, 0.29) is 9.90 Å². The molecule has 0 bridgehead atoms. The highest BCUT2D eigenvalue weighted by molar-refractivity contribution is 9.10. The molecule has 0 N–H and O–H groups in total. The number of hydrogen-bond acceptors (Lipinski definition) is 0. The molecule has 18 heavy (non-hydrogen) atoms. The summed E-state index contributed by atoms with van der Waals surface area (Å²) in [6, 6.07) is 0. The van der Waals surface area contributed by atoms with Crippen molar-refractivity contribution in [2.24, 2.45) is 5.92 Å². The van der Waals surface area contributed by atoms with Gasteiger partial charge < -0.3 is 0 Å². The highest BCUT2D eigenvalue weighted by atomic mass is 79.9. The van der Waals surface area contributed by atoms with Crippen LogP contribution >= 0.6 is 25.8 Å². The lowest BCUT2D eigenvalue weighted by Crippen LogP contribution is -2.29. The van der Waals surface area contributed by atoms with Gasteiger partial charge in [0.1, 0.15) is 0 Å². The van der Waals surface area contributed by atoms with Crippen molar-refractivity contribution in [2.45, 2.75) is 96.2 Å². The lowest BCUT2D eigenvalue weighted by atomic mass is 9.82. The minimum absolute atomic E-state index is 0. The molecule has 0 aromatic carbocycles. The van der Waals surface area contributed by atoms with Gasteiger partial charge in [0.2, 0.25) is 0 Å². The first kappa shape index (κ1) is 21.2. The van der Waals surface area contributed by atoms with Crippen LogP contribution in [0.25, 0.3) is 0 Å². The minimum atomic E-state index is 0. The zero-order valence-corrected chi connectivity index (χ0v) is 16.2. The highest BCUT2D eigenvalue weighted by Crippen LogP contribution is 2.39. The highest BCUT2D eigenvalue weighted by Gasteiger charge is 2.30. The molecule has 0 saturated heterocycles. The summed E-state index contributed by atoms with van der Waals surface area (Å²) in [5.74, 6) is 0.865. The Morgan fingerprint density at radius 2 is 1.33 bits per heavy atom. The molecule has 0 spiro atoms. The first-order chi connectivity index (χ1) is 8.14. The van der Waals surface area contributed by atoms with Crippen LogP contribution in [0.15, 0.2) is 0 Å². The van der Waals surface area contributed by atoms with Gasteiger partial charge in [-0.15, -0.1) is 0 Å². The molecular formula is C16H36BrP. The average molecular weight is 339 g/mol. The Balaban J connectivity index is 0. The molecule has 0 radical (unpaired) electrons. The smallest absolute Gasteiger partial charge is 0.0280 e. The number of alkyl halides is 1. The molecule has 2 unspecified atom stereocenters. The maximum absolute atomic E-state index is 4.00. The van der Waals surface area contributed by atoms with Crippen LogP contribution in [0.5, 0.6) is 0 Å². The quantitative estimate of drug-likeness (QED) is 0.221. The predicted octanol–water partition coefficient (Wildman–Crippen LogP) is 6.78. The largest absolute Gasteiger partial charge is 0.153 e. The van der Waals surface area contributed by atoms with Crippen LogP contribution in [-0.4, -0.2) is 4.32 Å². The molecule has 2 atom stereocenters. The minimum Gasteiger partial charge on any atom is -0.153 e. The Morgan fingerprint density at radius 1 is 0.833 bits per heavy atom. The molecule has 0 aromatic rings. The molecule has 0 nitrogen and oxygen atoms in total. The van der Waals surface area contributed by atoms with E-state index in [1.54, 1.807) is 0 Å². The van der Waals surface area contributed by atoms with Crippen molar-refractivity contribution < 1.29 is 0 Å². The van der Waals surface area contributed by atoms with Gasteiger partial charge in [0.05, 0.1) is 0 Å². The molecule has 0 fully saturated rings. The summed E-state index contributed by atoms with van der Waals surface area (Å²) in [5.41, 5.74) is 0. The molecule has 0 heterocycles. The Hall–Kier alpha value is 0.910. The number of unbranched alkanes of at least 4 members (excludes halogenated alkanes) is 5. The van der Waals surface area contributed by atoms with Gasteiger partial charge in [-0.3, -0.25) is 0 Å². The predicted molar refractivity (Wildman–Crippen MR) is 95.1 cm³/mol. The van der Waals surface area contributed by atoms with Gasteiger partial charge in [-0.1, -0.05) is 88.6 Å². The van der Waals surface area contributed by atoms with Crippen molar-refractivity contribution in [2.75, 3.05) is 0 Å². The Kier molecular flexibility index (Phi) is 15.2. The molecule has 0 aromatic heterocycles. The van der Waals surface area contributed by atoms with Crippen molar-refractivity contribution in [1.82, 2.24) is 0 Å². The summed E-state index contributed by atoms with van der Waals surface area (Å²) in [7, 11) is 0. The molecule has 0 amide bonds. The van der Waals surface area contributed by atoms with E-state index >= 15 is 0 Å². The van der Waals surface area contributed by atoms with Crippen molar-refractivity contribution in [1.29, 1.82) is 0 Å². The monoisotopic (exact) mass is 338 g/mol. The zero-order chi connectivity index (χ0) is 13.1. The Bertz CT molecular complexity index is 166. The van der Waals surface area contributed by atoms with Crippen molar-refractivity contribution in [3.63, 3.8) is 0 Å². The van der Waals surface area contributed by atoms with Crippen molar-refractivity contribution >= 4 is 25.8 Å². The molecule has 2 heteroatoms. The topological polar surface area (TPSA) is 0 Å². The van der Waals surface area contributed by atoms with E-state index in [4.69, 9.17) is 0 Å². The summed E-state index contributed by atoms with van der Waals surface area (Å²) >= 11 is 4.00. The lowest BCUT2D eigenvalue weighted by molar-refractivity contribution is 0.321. The summed E-state index contributed by atoms with van der Waals surface area (Å²) in [4.78, 5) is 0. The number of halogens is 1. The van der Waals surface area contributed by atoms with E-state index in [1.807, 2.05) is 0 Å². The number of hydrogen-bond donors (Lipinski definition) is 0. The van der Waals surface area contributed by atoms with Gasteiger partial charge in [0, 0.05) is 4.32 Å². The third kappa shape index (κ3) is 8.16. The Labute approximate surface area is 128 Å². The van der Waals surface area contributed by atoms with Gasteiger partial charge in [-0.25, -0.2) is 0 Å². The summed E-state index contributed by atoms with van der Waals surface area (Å²) < 4.78 is 0.408. The standard InChI is InChI=1S/C16H33Br.H3P/c1-5-9-10-11-12-13-14-15(6-2)16(17,7-3)8-4;/h15H,5-14H2,1-4H3;1H3. The van der Waals surface area contributed by atoms with Crippen LogP contribution in [0.4, 0.5) is 0 Å². The second-order valence-corrected chi connectivity index (χ2v) is 6.98. The molecular weight excluding hydrogens is 303 g/mol. The second-order valence-electron chi connectivity index (χ2n) is 5.40. The molecule has 0 aliphatic rings. The summed E-state index contributed by atoms with van der Waals surface area (Å²) in [5, 5.41) is 0. The third-order valence-corrected chi connectivity index (χ3v) is 6.08. The van der Waals surface area contributed by atoms with Gasteiger partial charge in [0.15, 0.2) is 0 Å². The number of rotatable bonds is 11. The van der Waals surface area contributed by atoms with Gasteiger partial charge in [-0.05, 0) is 25.2 Å².